The zero-order valence-electron chi connectivity index (χ0n) is 12.8. The monoisotopic (exact) mass is 317 g/mol. The van der Waals surface area contributed by atoms with E-state index >= 15 is 0 Å². The maximum Gasteiger partial charge on any atom is 0.213 e. The van der Waals surface area contributed by atoms with Crippen LogP contribution in [0.1, 0.15) is 43.8 Å². The Morgan fingerprint density at radius 3 is 2.83 bits per heavy atom. The van der Waals surface area contributed by atoms with Crippen molar-refractivity contribution in [2.75, 3.05) is 0 Å². The zero-order valence-corrected chi connectivity index (χ0v) is 12.8. The van der Waals surface area contributed by atoms with E-state index in [1.165, 1.54) is 6.07 Å². The molecule has 122 valence electrons. The van der Waals surface area contributed by atoms with Crippen LogP contribution in [0.25, 0.3) is 11.3 Å². The fraction of sp³-hybridized carbons (Fsp3) is 0.529. The molecule has 1 aliphatic carbocycles. The molecular weight excluding hydrogens is 297 g/mol. The number of aliphatic hydroxyl groups excluding tert-OH is 2. The van der Waals surface area contributed by atoms with E-state index in [4.69, 9.17) is 0 Å². The first-order valence-corrected chi connectivity index (χ1v) is 8.18. The number of pyridine rings is 1. The van der Waals surface area contributed by atoms with E-state index in [1.807, 2.05) is 4.57 Å². The maximum atomic E-state index is 13.6. The van der Waals surface area contributed by atoms with E-state index < -0.39 is 12.1 Å². The summed E-state index contributed by atoms with van der Waals surface area (Å²) in [5.74, 6) is -0.314. The van der Waals surface area contributed by atoms with Gasteiger partial charge in [0.05, 0.1) is 42.2 Å². The average Bonchev–Trinajstić information content (AvgIpc) is 3.11. The highest BCUT2D eigenvalue weighted by atomic mass is 19.1. The lowest BCUT2D eigenvalue weighted by Gasteiger charge is -2.30. The summed E-state index contributed by atoms with van der Waals surface area (Å²) in [5, 5.41) is 20.3. The van der Waals surface area contributed by atoms with Crippen LogP contribution < -0.4 is 0 Å². The molecule has 1 aliphatic heterocycles. The predicted molar refractivity (Wildman–Crippen MR) is 82.1 cm³/mol. The zero-order chi connectivity index (χ0) is 16.0. The van der Waals surface area contributed by atoms with Crippen molar-refractivity contribution >= 4 is 0 Å². The first-order valence-electron chi connectivity index (χ1n) is 8.18. The van der Waals surface area contributed by atoms with E-state index in [1.54, 1.807) is 18.6 Å². The fourth-order valence-corrected chi connectivity index (χ4v) is 3.95. The summed E-state index contributed by atoms with van der Waals surface area (Å²) in [6.45, 7) is 0. The van der Waals surface area contributed by atoms with Crippen LogP contribution in [0.2, 0.25) is 0 Å². The SMILES string of the molecule is OC1CCC(C(O)CC2c3nc(F)ccc3-c3cncn32)CC1. The number of aromatic nitrogens is 3. The molecule has 0 bridgehead atoms. The van der Waals surface area contributed by atoms with Crippen molar-refractivity contribution in [3.8, 4) is 11.3 Å². The van der Waals surface area contributed by atoms with Crippen LogP contribution in [0.3, 0.4) is 0 Å². The standard InChI is InChI=1S/C17H20FN3O2/c18-16-6-5-12-14-8-19-9-21(14)13(17(12)20-16)7-15(23)10-1-3-11(22)4-2-10/h5-6,8-11,13,15,22-23H,1-4,7H2. The van der Waals surface area contributed by atoms with Crippen LogP contribution in [0, 0.1) is 11.9 Å². The van der Waals surface area contributed by atoms with Gasteiger partial charge in [-0.2, -0.15) is 4.39 Å². The Labute approximate surface area is 133 Å². The third kappa shape index (κ3) is 2.56. The molecule has 1 saturated carbocycles. The molecule has 0 radical (unpaired) electrons. The Kier molecular flexibility index (Phi) is 3.66. The van der Waals surface area contributed by atoms with Crippen LogP contribution in [-0.4, -0.2) is 37.0 Å². The van der Waals surface area contributed by atoms with Gasteiger partial charge in [-0.05, 0) is 43.7 Å². The van der Waals surface area contributed by atoms with Gasteiger partial charge in [-0.15, -0.1) is 0 Å². The second-order valence-corrected chi connectivity index (χ2v) is 6.64. The molecule has 4 rings (SSSR count). The second-order valence-electron chi connectivity index (χ2n) is 6.64. The topological polar surface area (TPSA) is 71.2 Å². The molecule has 0 amide bonds. The molecule has 1 fully saturated rings. The van der Waals surface area contributed by atoms with Crippen molar-refractivity contribution in [3.05, 3.63) is 36.3 Å². The molecule has 2 aliphatic rings. The molecule has 0 aromatic carbocycles. The summed E-state index contributed by atoms with van der Waals surface area (Å²) in [5.41, 5.74) is 2.49. The van der Waals surface area contributed by atoms with Gasteiger partial charge in [0.2, 0.25) is 5.95 Å². The molecule has 23 heavy (non-hydrogen) atoms. The highest BCUT2D eigenvalue weighted by molar-refractivity contribution is 5.66. The Morgan fingerprint density at radius 2 is 2.04 bits per heavy atom. The number of fused-ring (bicyclic) bond motifs is 3. The quantitative estimate of drug-likeness (QED) is 0.852. The lowest BCUT2D eigenvalue weighted by atomic mass is 9.81. The smallest absolute Gasteiger partial charge is 0.213 e. The largest absolute Gasteiger partial charge is 0.393 e. The van der Waals surface area contributed by atoms with Crippen LogP contribution in [0.4, 0.5) is 4.39 Å². The number of nitrogens with zero attached hydrogens (tertiary/aromatic N) is 3. The van der Waals surface area contributed by atoms with Gasteiger partial charge >= 0.3 is 0 Å². The van der Waals surface area contributed by atoms with Gasteiger partial charge in [0.15, 0.2) is 0 Å². The van der Waals surface area contributed by atoms with Gasteiger partial charge in [-0.25, -0.2) is 9.97 Å². The minimum absolute atomic E-state index is 0.181. The first-order chi connectivity index (χ1) is 11.1. The van der Waals surface area contributed by atoms with Crippen molar-refractivity contribution < 1.29 is 14.6 Å². The summed E-state index contributed by atoms with van der Waals surface area (Å²) in [4.78, 5) is 8.24. The van der Waals surface area contributed by atoms with Crippen LogP contribution in [0.5, 0.6) is 0 Å². The Morgan fingerprint density at radius 1 is 1.26 bits per heavy atom. The highest BCUT2D eigenvalue weighted by Crippen LogP contribution is 2.41. The van der Waals surface area contributed by atoms with E-state index in [9.17, 15) is 14.6 Å². The van der Waals surface area contributed by atoms with Gasteiger partial charge in [0.25, 0.3) is 0 Å². The normalized spacial score (nSPS) is 27.5. The van der Waals surface area contributed by atoms with Crippen molar-refractivity contribution in [3.63, 3.8) is 0 Å². The molecule has 2 aromatic rings. The van der Waals surface area contributed by atoms with E-state index in [0.29, 0.717) is 12.1 Å². The third-order valence-corrected chi connectivity index (χ3v) is 5.23. The number of imidazole rings is 1. The number of aliphatic hydroxyl groups is 2. The van der Waals surface area contributed by atoms with Crippen molar-refractivity contribution in [1.82, 2.24) is 14.5 Å². The van der Waals surface area contributed by atoms with Crippen molar-refractivity contribution in [1.29, 1.82) is 0 Å². The summed E-state index contributed by atoms with van der Waals surface area (Å²) < 4.78 is 15.5. The summed E-state index contributed by atoms with van der Waals surface area (Å²) in [6, 6.07) is 2.91. The second kappa shape index (κ2) is 5.69. The van der Waals surface area contributed by atoms with Crippen LogP contribution in [-0.2, 0) is 0 Å². The predicted octanol–water partition coefficient (Wildman–Crippen LogP) is 2.29. The average molecular weight is 317 g/mol. The number of hydrogen-bond acceptors (Lipinski definition) is 4. The number of rotatable bonds is 3. The summed E-state index contributed by atoms with van der Waals surface area (Å²) in [7, 11) is 0. The molecule has 2 unspecified atom stereocenters. The summed E-state index contributed by atoms with van der Waals surface area (Å²) in [6.07, 6.45) is 6.38. The highest BCUT2D eigenvalue weighted by Gasteiger charge is 2.34. The lowest BCUT2D eigenvalue weighted by Crippen LogP contribution is -2.29. The Hall–Kier alpha value is -1.79. The minimum atomic E-state index is -0.497. The molecule has 0 spiro atoms. The molecule has 6 heteroatoms. The van der Waals surface area contributed by atoms with Gasteiger partial charge in [0, 0.05) is 12.0 Å². The molecular formula is C17H20FN3O2. The van der Waals surface area contributed by atoms with E-state index in [0.717, 1.165) is 36.9 Å². The molecule has 3 heterocycles. The van der Waals surface area contributed by atoms with Gasteiger partial charge < -0.3 is 14.8 Å². The molecule has 2 atom stereocenters. The van der Waals surface area contributed by atoms with Crippen LogP contribution in [0.15, 0.2) is 24.7 Å². The van der Waals surface area contributed by atoms with E-state index in [2.05, 4.69) is 9.97 Å². The van der Waals surface area contributed by atoms with Crippen molar-refractivity contribution in [2.24, 2.45) is 5.92 Å². The van der Waals surface area contributed by atoms with Crippen LogP contribution >= 0.6 is 0 Å². The molecule has 0 saturated heterocycles. The fourth-order valence-electron chi connectivity index (χ4n) is 3.95. The minimum Gasteiger partial charge on any atom is -0.393 e. The Balaban J connectivity index is 1.58. The van der Waals surface area contributed by atoms with E-state index in [-0.39, 0.29) is 18.1 Å². The molecule has 5 nitrogen and oxygen atoms in total. The molecule has 2 N–H and O–H groups in total. The summed E-state index contributed by atoms with van der Waals surface area (Å²) >= 11 is 0. The molecule has 2 aromatic heterocycles. The Bertz CT molecular complexity index is 710. The van der Waals surface area contributed by atoms with Gasteiger partial charge in [-0.3, -0.25) is 0 Å². The number of hydrogen-bond donors (Lipinski definition) is 2. The van der Waals surface area contributed by atoms with Gasteiger partial charge in [-0.1, -0.05) is 0 Å². The number of halogens is 1. The lowest BCUT2D eigenvalue weighted by molar-refractivity contribution is 0.0327. The maximum absolute atomic E-state index is 13.6. The van der Waals surface area contributed by atoms with Crippen molar-refractivity contribution in [2.45, 2.75) is 50.4 Å². The first kappa shape index (κ1) is 14.8. The third-order valence-electron chi connectivity index (χ3n) is 5.23. The van der Waals surface area contributed by atoms with Gasteiger partial charge in [0.1, 0.15) is 0 Å².